The van der Waals surface area contributed by atoms with Gasteiger partial charge in [-0.2, -0.15) is 0 Å². The van der Waals surface area contributed by atoms with E-state index in [1.807, 2.05) is 0 Å². The second-order valence-electron chi connectivity index (χ2n) is 3.69. The molecule has 90 valence electrons. The summed E-state index contributed by atoms with van der Waals surface area (Å²) in [5.74, 6) is 0. The first-order valence-corrected chi connectivity index (χ1v) is 9.81. The molecule has 6 nitrogen and oxygen atoms in total. The summed E-state index contributed by atoms with van der Waals surface area (Å²) < 4.78 is -0.0914. The van der Waals surface area contributed by atoms with Crippen molar-refractivity contribution in [3.63, 3.8) is 0 Å². The monoisotopic (exact) mass is 390 g/mol. The average molecular weight is 393 g/mol. The van der Waals surface area contributed by atoms with Crippen LogP contribution < -0.4 is 34.4 Å². The van der Waals surface area contributed by atoms with E-state index in [0.29, 0.717) is 19.6 Å². The van der Waals surface area contributed by atoms with Crippen molar-refractivity contribution in [3.8, 4) is 0 Å². The molecule has 0 spiro atoms. The summed E-state index contributed by atoms with van der Waals surface area (Å²) in [6, 6.07) is 0. The number of hydrogen-bond acceptors (Lipinski definition) is 6. The van der Waals surface area contributed by atoms with Gasteiger partial charge in [-0.05, 0) is 0 Å². The molecule has 0 saturated carbocycles. The van der Waals surface area contributed by atoms with Gasteiger partial charge in [-0.1, -0.05) is 0 Å². The van der Waals surface area contributed by atoms with Crippen molar-refractivity contribution < 1.29 is 58.9 Å². The van der Waals surface area contributed by atoms with Crippen molar-refractivity contribution in [1.82, 2.24) is 0 Å². The van der Waals surface area contributed by atoms with Crippen LogP contribution >= 0.6 is 0 Å². The Hall–Kier alpha value is 1.77. The molecule has 0 fully saturated rings. The van der Waals surface area contributed by atoms with Crippen molar-refractivity contribution in [2.45, 2.75) is 13.9 Å². The molecule has 0 rings (SSSR count). The van der Waals surface area contributed by atoms with Crippen molar-refractivity contribution in [1.29, 1.82) is 0 Å². The first kappa shape index (κ1) is 22.0. The molecule has 15 heavy (non-hydrogen) atoms. The van der Waals surface area contributed by atoms with Crippen LogP contribution in [0.5, 0.6) is 0 Å². The topological polar surface area (TPSA) is 156 Å². The third-order valence-corrected chi connectivity index (χ3v) is 12.4. The third kappa shape index (κ3) is 7.65. The maximum absolute atomic E-state index is 5.87. The fourth-order valence-corrected chi connectivity index (χ4v) is 9.06. The number of nitrogens with two attached hydrogens (primary N) is 6. The van der Waals surface area contributed by atoms with E-state index < -0.39 is 16.0 Å². The Morgan fingerprint density at radius 2 is 0.933 bits per heavy atom. The Kier molecular flexibility index (Phi) is 17.9. The molecule has 0 aliphatic heterocycles. The molecule has 0 aromatic heterocycles. The van der Waals surface area contributed by atoms with Gasteiger partial charge < -0.3 is 0 Å². The van der Waals surface area contributed by atoms with E-state index >= 15 is 0 Å². The van der Waals surface area contributed by atoms with Gasteiger partial charge in [-0.3, -0.25) is 0 Å². The first-order chi connectivity index (χ1) is 6.08. The molecule has 0 aromatic carbocycles. The maximum atomic E-state index is 5.87. The molecule has 3 atom stereocenters. The van der Waals surface area contributed by atoms with E-state index in [0.717, 1.165) is 0 Å². The second kappa shape index (κ2) is 12.2. The Morgan fingerprint density at radius 1 is 0.733 bits per heavy atom. The largest absolute Gasteiger partial charge is 0 e. The van der Waals surface area contributed by atoms with Crippen LogP contribution in [-0.4, -0.2) is 33.5 Å². The Morgan fingerprint density at radius 3 is 1.07 bits per heavy atom. The molecule has 0 aromatic rings. The minimum atomic E-state index is -2.28. The fourth-order valence-electron chi connectivity index (χ4n) is 1.74. The Balaban J connectivity index is -0.000000720. The molecule has 0 amide bonds. The van der Waals surface area contributed by atoms with E-state index in [1.165, 1.54) is 0 Å². The van der Waals surface area contributed by atoms with Gasteiger partial charge >= 0.3 is 83.9 Å². The van der Waals surface area contributed by atoms with Gasteiger partial charge in [0.1, 0.15) is 0 Å². The second-order valence-corrected chi connectivity index (χ2v) is 13.3. The summed E-state index contributed by atoms with van der Waals surface area (Å²) in [5.41, 5.74) is 34.1. The third-order valence-electron chi connectivity index (χ3n) is 2.72. The van der Waals surface area contributed by atoms with Crippen molar-refractivity contribution in [2.24, 2.45) is 34.4 Å². The summed E-state index contributed by atoms with van der Waals surface area (Å²) in [5, 5.41) is 0. The zero-order valence-corrected chi connectivity index (χ0v) is 15.3. The summed E-state index contributed by atoms with van der Waals surface area (Å²) in [6.45, 7) is 1.30. The minimum Gasteiger partial charge on any atom is 0 e. The molecular weight excluding hydrogens is 372 g/mol. The number of hydrogen-bond donors (Lipinski definition) is 6. The van der Waals surface area contributed by atoms with E-state index in [4.69, 9.17) is 34.4 Å². The van der Waals surface area contributed by atoms with Crippen LogP contribution in [0.1, 0.15) is 0 Å². The quantitative estimate of drug-likeness (QED) is 0.256. The van der Waals surface area contributed by atoms with Crippen LogP contribution in [0.25, 0.3) is 0 Å². The molecule has 0 aliphatic carbocycles. The van der Waals surface area contributed by atoms with Gasteiger partial charge in [0.05, 0.1) is 0 Å². The summed E-state index contributed by atoms with van der Waals surface area (Å²) in [7, 11) is 0. The normalized spacial score (nSPS) is 15.6. The van der Waals surface area contributed by atoms with Gasteiger partial charge in [0.15, 0.2) is 0 Å². The smallest absolute Gasteiger partial charge is 0 e. The standard InChI is InChI=1S/3C2H7N2.Co.Zn.Zr/c3*3-1-2-4;;;/h3*1H,2-4H2;;;. The SMILES string of the molecule is NC[CH](N)[Zn]([CH](N)CN)[CH](N)CN.[Co].[Zr]. The molecule has 0 saturated heterocycles. The maximum Gasteiger partial charge on any atom is 0 e. The van der Waals surface area contributed by atoms with Gasteiger partial charge in [-0.25, -0.2) is 0 Å². The van der Waals surface area contributed by atoms with Crippen molar-refractivity contribution >= 4 is 0 Å². The zero-order chi connectivity index (χ0) is 10.4. The van der Waals surface area contributed by atoms with Crippen LogP contribution in [0.15, 0.2) is 0 Å². The van der Waals surface area contributed by atoms with E-state index in [2.05, 4.69) is 0 Å². The summed E-state index contributed by atoms with van der Waals surface area (Å²) in [6.07, 6.45) is 0. The van der Waals surface area contributed by atoms with E-state index in [-0.39, 0.29) is 56.9 Å². The van der Waals surface area contributed by atoms with Crippen LogP contribution in [0, 0.1) is 0 Å². The molecule has 0 heterocycles. The van der Waals surface area contributed by atoms with Crippen molar-refractivity contribution in [3.05, 3.63) is 0 Å². The predicted octanol–water partition coefficient (Wildman–Crippen LogP) is -3.67. The Bertz CT molecular complexity index is 121. The first-order valence-electron chi connectivity index (χ1n) is 4.67. The molecule has 1 radical (unpaired) electrons. The average Bonchev–Trinajstić information content (AvgIpc) is 2.16. The van der Waals surface area contributed by atoms with E-state index in [9.17, 15) is 0 Å². The van der Waals surface area contributed by atoms with Crippen LogP contribution in [0.4, 0.5) is 0 Å². The number of rotatable bonds is 6. The molecule has 0 bridgehead atoms. The van der Waals surface area contributed by atoms with Gasteiger partial charge in [-0.15, -0.1) is 0 Å². The summed E-state index contributed by atoms with van der Waals surface area (Å²) in [4.78, 5) is 0. The minimum absolute atomic E-state index is 0. The molecule has 12 N–H and O–H groups in total. The predicted molar refractivity (Wildman–Crippen MR) is 51.1 cm³/mol. The van der Waals surface area contributed by atoms with Crippen LogP contribution in [0.3, 0.4) is 0 Å². The zero-order valence-electron chi connectivity index (χ0n) is 8.86. The Labute approximate surface area is 126 Å². The fraction of sp³-hybridized carbons (Fsp3) is 1.00. The van der Waals surface area contributed by atoms with Gasteiger partial charge in [0.2, 0.25) is 0 Å². The van der Waals surface area contributed by atoms with E-state index in [1.54, 1.807) is 0 Å². The molecule has 0 aliphatic rings. The van der Waals surface area contributed by atoms with Gasteiger partial charge in [0, 0.05) is 43.0 Å². The van der Waals surface area contributed by atoms with Crippen LogP contribution in [-0.2, 0) is 58.9 Å². The van der Waals surface area contributed by atoms with Crippen LogP contribution in [0.2, 0.25) is 0 Å². The van der Waals surface area contributed by atoms with Crippen molar-refractivity contribution in [2.75, 3.05) is 19.6 Å². The molecule has 9 heteroatoms. The molecule has 3 unspecified atom stereocenters. The van der Waals surface area contributed by atoms with Gasteiger partial charge in [0.25, 0.3) is 0 Å². The summed E-state index contributed by atoms with van der Waals surface area (Å²) >= 11 is -2.28. The molecular formula is C6H21CoN6ZnZr.